The first kappa shape index (κ1) is 15.6. The molecule has 0 bridgehead atoms. The molecule has 8 heteroatoms. The van der Waals surface area contributed by atoms with Crippen molar-refractivity contribution in [1.29, 1.82) is 0 Å². The molecule has 2 fully saturated rings. The Labute approximate surface area is 131 Å². The molecule has 0 amide bonds. The number of nitrogens with one attached hydrogen (secondary N) is 1. The minimum Gasteiger partial charge on any atom is -0.373 e. The summed E-state index contributed by atoms with van der Waals surface area (Å²) < 4.78 is 31.3. The van der Waals surface area contributed by atoms with Crippen molar-refractivity contribution in [3.63, 3.8) is 0 Å². The molecule has 122 valence electrons. The van der Waals surface area contributed by atoms with Gasteiger partial charge < -0.3 is 9.64 Å². The van der Waals surface area contributed by atoms with E-state index in [0.717, 1.165) is 43.9 Å². The lowest BCUT2D eigenvalue weighted by molar-refractivity contribution is -0.0150. The summed E-state index contributed by atoms with van der Waals surface area (Å²) in [7, 11) is -3.18. The van der Waals surface area contributed by atoms with Gasteiger partial charge in [-0.2, -0.15) is 0 Å². The Morgan fingerprint density at radius 3 is 2.55 bits per heavy atom. The van der Waals surface area contributed by atoms with E-state index in [0.29, 0.717) is 6.61 Å². The lowest BCUT2D eigenvalue weighted by Gasteiger charge is -2.38. The Morgan fingerprint density at radius 2 is 1.95 bits per heavy atom. The van der Waals surface area contributed by atoms with Crippen molar-refractivity contribution in [2.45, 2.75) is 37.8 Å². The van der Waals surface area contributed by atoms with Gasteiger partial charge in [-0.1, -0.05) is 0 Å². The zero-order valence-corrected chi connectivity index (χ0v) is 13.8. The molecule has 0 aromatic carbocycles. The standard InChI is InChI=1S/C14H22N4O3S/c1-11-8-15-13(16-9-11)18-5-3-14(4-6-18)7-12(10-21-14)17-22(2,19)20/h8-9,12,17H,3-7,10H2,1-2H3/t12-/m0/s1. The summed E-state index contributed by atoms with van der Waals surface area (Å²) >= 11 is 0. The minimum atomic E-state index is -3.18. The lowest BCUT2D eigenvalue weighted by atomic mass is 9.88. The van der Waals surface area contributed by atoms with E-state index in [1.807, 2.05) is 19.3 Å². The van der Waals surface area contributed by atoms with Crippen LogP contribution < -0.4 is 9.62 Å². The summed E-state index contributed by atoms with van der Waals surface area (Å²) in [6, 6.07) is -0.114. The van der Waals surface area contributed by atoms with Gasteiger partial charge in [-0.25, -0.2) is 23.1 Å². The smallest absolute Gasteiger partial charge is 0.225 e. The van der Waals surface area contributed by atoms with Crippen molar-refractivity contribution in [3.05, 3.63) is 18.0 Å². The van der Waals surface area contributed by atoms with Gasteiger partial charge in [-0.3, -0.25) is 0 Å². The zero-order valence-electron chi connectivity index (χ0n) is 12.9. The predicted molar refractivity (Wildman–Crippen MR) is 83.3 cm³/mol. The van der Waals surface area contributed by atoms with Gasteiger partial charge in [0.05, 0.1) is 18.5 Å². The third-order valence-corrected chi connectivity index (χ3v) is 5.08. The molecule has 0 aliphatic carbocycles. The van der Waals surface area contributed by atoms with Crippen LogP contribution in [0.1, 0.15) is 24.8 Å². The van der Waals surface area contributed by atoms with Crippen LogP contribution in [0.15, 0.2) is 12.4 Å². The molecule has 22 heavy (non-hydrogen) atoms. The van der Waals surface area contributed by atoms with Crippen LogP contribution >= 0.6 is 0 Å². The van der Waals surface area contributed by atoms with E-state index < -0.39 is 10.0 Å². The number of sulfonamides is 1. The molecule has 3 rings (SSSR count). The first-order valence-corrected chi connectivity index (χ1v) is 9.39. The van der Waals surface area contributed by atoms with Gasteiger partial charge in [0.25, 0.3) is 0 Å². The van der Waals surface area contributed by atoms with Gasteiger partial charge in [-0.15, -0.1) is 0 Å². The fourth-order valence-electron chi connectivity index (χ4n) is 3.23. The van der Waals surface area contributed by atoms with E-state index in [4.69, 9.17) is 4.74 Å². The van der Waals surface area contributed by atoms with E-state index in [-0.39, 0.29) is 11.6 Å². The summed E-state index contributed by atoms with van der Waals surface area (Å²) in [5, 5.41) is 0. The summed E-state index contributed by atoms with van der Waals surface area (Å²) in [5.41, 5.74) is 0.842. The van der Waals surface area contributed by atoms with Crippen LogP contribution in [0.3, 0.4) is 0 Å². The van der Waals surface area contributed by atoms with Crippen molar-refractivity contribution < 1.29 is 13.2 Å². The fraction of sp³-hybridized carbons (Fsp3) is 0.714. The molecule has 7 nitrogen and oxygen atoms in total. The van der Waals surface area contributed by atoms with E-state index >= 15 is 0 Å². The molecule has 2 aliphatic heterocycles. The maximum absolute atomic E-state index is 11.3. The first-order chi connectivity index (χ1) is 10.4. The molecule has 1 aromatic heterocycles. The van der Waals surface area contributed by atoms with E-state index in [2.05, 4.69) is 19.6 Å². The lowest BCUT2D eigenvalue weighted by Crippen LogP contribution is -2.45. The molecule has 0 radical (unpaired) electrons. The average molecular weight is 326 g/mol. The number of ether oxygens (including phenoxy) is 1. The molecule has 0 unspecified atom stereocenters. The van der Waals surface area contributed by atoms with Crippen LogP contribution in [0.25, 0.3) is 0 Å². The summed E-state index contributed by atoms with van der Waals surface area (Å²) in [5.74, 6) is 0.754. The molecule has 3 heterocycles. The third kappa shape index (κ3) is 3.56. The highest BCUT2D eigenvalue weighted by Gasteiger charge is 2.43. The number of nitrogens with zero attached hydrogens (tertiary/aromatic N) is 3. The highest BCUT2D eigenvalue weighted by molar-refractivity contribution is 7.88. The van der Waals surface area contributed by atoms with Crippen LogP contribution in [0.5, 0.6) is 0 Å². The second-order valence-electron chi connectivity index (χ2n) is 6.33. The molecular weight excluding hydrogens is 304 g/mol. The van der Waals surface area contributed by atoms with Crippen LogP contribution in [-0.4, -0.2) is 56.0 Å². The summed E-state index contributed by atoms with van der Waals surface area (Å²) in [6.45, 7) is 4.08. The Bertz CT molecular complexity index is 624. The van der Waals surface area contributed by atoms with Gasteiger partial charge in [0, 0.05) is 31.5 Å². The highest BCUT2D eigenvalue weighted by Crippen LogP contribution is 2.36. The van der Waals surface area contributed by atoms with Crippen molar-refractivity contribution in [2.24, 2.45) is 0 Å². The number of aromatic nitrogens is 2. The van der Waals surface area contributed by atoms with Crippen LogP contribution in [-0.2, 0) is 14.8 Å². The quantitative estimate of drug-likeness (QED) is 0.869. The van der Waals surface area contributed by atoms with Crippen molar-refractivity contribution >= 4 is 16.0 Å². The molecule has 2 aliphatic rings. The second kappa shape index (κ2) is 5.75. The maximum Gasteiger partial charge on any atom is 0.225 e. The van der Waals surface area contributed by atoms with Crippen molar-refractivity contribution in [3.8, 4) is 0 Å². The van der Waals surface area contributed by atoms with Gasteiger partial charge in [-0.05, 0) is 31.7 Å². The van der Waals surface area contributed by atoms with Crippen molar-refractivity contribution in [2.75, 3.05) is 30.9 Å². The first-order valence-electron chi connectivity index (χ1n) is 7.50. The summed E-state index contributed by atoms with van der Waals surface area (Å²) in [4.78, 5) is 10.9. The number of rotatable bonds is 3. The van der Waals surface area contributed by atoms with E-state index in [1.54, 1.807) is 0 Å². The normalized spacial score (nSPS) is 24.8. The molecule has 1 aromatic rings. The van der Waals surface area contributed by atoms with Crippen LogP contribution in [0.4, 0.5) is 5.95 Å². The number of aryl methyl sites for hydroxylation is 1. The van der Waals surface area contributed by atoms with Gasteiger partial charge in [0.1, 0.15) is 0 Å². The van der Waals surface area contributed by atoms with E-state index in [9.17, 15) is 8.42 Å². The summed E-state index contributed by atoms with van der Waals surface area (Å²) in [6.07, 6.45) is 7.31. The van der Waals surface area contributed by atoms with Crippen LogP contribution in [0, 0.1) is 6.92 Å². The van der Waals surface area contributed by atoms with E-state index in [1.165, 1.54) is 6.26 Å². The Morgan fingerprint density at radius 1 is 1.32 bits per heavy atom. The second-order valence-corrected chi connectivity index (χ2v) is 8.11. The Kier molecular flexibility index (Phi) is 4.09. The zero-order chi connectivity index (χ0) is 15.8. The molecule has 0 saturated carbocycles. The number of anilines is 1. The number of hydrogen-bond acceptors (Lipinski definition) is 6. The predicted octanol–water partition coefficient (Wildman–Crippen LogP) is 0.462. The fourth-order valence-corrected chi connectivity index (χ4v) is 3.99. The molecule has 1 spiro atoms. The third-order valence-electron chi connectivity index (χ3n) is 4.31. The average Bonchev–Trinajstić information content (AvgIpc) is 2.81. The Hall–Kier alpha value is -1.25. The molecule has 1 N–H and O–H groups in total. The minimum absolute atomic E-state index is 0.114. The SMILES string of the molecule is Cc1cnc(N2CCC3(CC2)C[C@H](NS(C)(=O)=O)CO3)nc1. The Balaban J connectivity index is 1.59. The monoisotopic (exact) mass is 326 g/mol. The molecule has 2 saturated heterocycles. The maximum atomic E-state index is 11.3. The number of piperidine rings is 1. The topological polar surface area (TPSA) is 84.4 Å². The molecular formula is C14H22N4O3S. The van der Waals surface area contributed by atoms with Gasteiger partial charge in [0.15, 0.2) is 0 Å². The van der Waals surface area contributed by atoms with Crippen molar-refractivity contribution in [1.82, 2.24) is 14.7 Å². The number of hydrogen-bond donors (Lipinski definition) is 1. The highest BCUT2D eigenvalue weighted by atomic mass is 32.2. The van der Waals surface area contributed by atoms with Gasteiger partial charge >= 0.3 is 0 Å². The van der Waals surface area contributed by atoms with Gasteiger partial charge in [0.2, 0.25) is 16.0 Å². The largest absolute Gasteiger partial charge is 0.373 e. The molecule has 1 atom stereocenters. The van der Waals surface area contributed by atoms with Crippen LogP contribution in [0.2, 0.25) is 0 Å².